The number of carbonyl (C=O) groups excluding carboxylic acids is 1. The molecule has 0 radical (unpaired) electrons. The van der Waals surface area contributed by atoms with Gasteiger partial charge in [0, 0.05) is 18.8 Å². The number of carbonyl (C=O) groups is 1. The van der Waals surface area contributed by atoms with Crippen LogP contribution in [-0.2, 0) is 11.3 Å². The smallest absolute Gasteiger partial charge is 0.244 e. The van der Waals surface area contributed by atoms with Gasteiger partial charge in [0.1, 0.15) is 0 Å². The van der Waals surface area contributed by atoms with E-state index in [2.05, 4.69) is 17.2 Å². The molecule has 0 aliphatic heterocycles. The first kappa shape index (κ1) is 18.5. The number of benzene rings is 1. The van der Waals surface area contributed by atoms with Gasteiger partial charge in [0.2, 0.25) is 5.91 Å². The highest BCUT2D eigenvalue weighted by Crippen LogP contribution is 2.28. The van der Waals surface area contributed by atoms with Gasteiger partial charge in [-0.1, -0.05) is 25.5 Å². The van der Waals surface area contributed by atoms with Gasteiger partial charge in [0.25, 0.3) is 0 Å². The Morgan fingerprint density at radius 1 is 1.24 bits per heavy atom. The molecule has 0 saturated heterocycles. The molecule has 1 aromatic carbocycles. The third-order valence-corrected chi connectivity index (χ3v) is 3.54. The lowest BCUT2D eigenvalue weighted by atomic mass is 10.2. The standard InChI is InChI=1S/C20H24N2O3/c1-3-4-13-25-18-10-8-16(14-19(18)24-2)15-22-20(23)11-9-17-7-5-6-12-21-17/h5-12,14H,3-4,13,15H2,1-2H3,(H,22,23)/b11-9+. The van der Waals surface area contributed by atoms with Crippen LogP contribution >= 0.6 is 0 Å². The molecule has 0 atom stereocenters. The summed E-state index contributed by atoms with van der Waals surface area (Å²) in [5, 5.41) is 2.84. The van der Waals surface area contributed by atoms with E-state index in [1.165, 1.54) is 6.08 Å². The van der Waals surface area contributed by atoms with Crippen LogP contribution in [-0.4, -0.2) is 24.6 Å². The molecule has 5 heteroatoms. The van der Waals surface area contributed by atoms with E-state index in [9.17, 15) is 4.79 Å². The van der Waals surface area contributed by atoms with E-state index >= 15 is 0 Å². The molecule has 0 aliphatic rings. The summed E-state index contributed by atoms with van der Waals surface area (Å²) in [5.74, 6) is 1.22. The second kappa shape index (κ2) is 10.1. The van der Waals surface area contributed by atoms with E-state index in [0.717, 1.165) is 29.8 Å². The molecule has 2 aromatic rings. The van der Waals surface area contributed by atoms with E-state index in [1.807, 2.05) is 36.4 Å². The maximum absolute atomic E-state index is 11.9. The Balaban J connectivity index is 1.89. The summed E-state index contributed by atoms with van der Waals surface area (Å²) in [4.78, 5) is 16.0. The van der Waals surface area contributed by atoms with Crippen molar-refractivity contribution in [2.24, 2.45) is 0 Å². The number of aromatic nitrogens is 1. The Morgan fingerprint density at radius 2 is 2.12 bits per heavy atom. The van der Waals surface area contributed by atoms with E-state index in [4.69, 9.17) is 9.47 Å². The number of amides is 1. The molecule has 0 fully saturated rings. The first-order chi connectivity index (χ1) is 12.2. The monoisotopic (exact) mass is 340 g/mol. The fourth-order valence-corrected chi connectivity index (χ4v) is 2.15. The van der Waals surface area contributed by atoms with Crippen molar-refractivity contribution < 1.29 is 14.3 Å². The molecule has 0 unspecified atom stereocenters. The number of pyridine rings is 1. The minimum Gasteiger partial charge on any atom is -0.493 e. The largest absolute Gasteiger partial charge is 0.493 e. The zero-order valence-corrected chi connectivity index (χ0v) is 14.7. The summed E-state index contributed by atoms with van der Waals surface area (Å²) < 4.78 is 11.1. The second-order valence-corrected chi connectivity index (χ2v) is 5.49. The lowest BCUT2D eigenvalue weighted by Gasteiger charge is -2.12. The van der Waals surface area contributed by atoms with Gasteiger partial charge >= 0.3 is 0 Å². The van der Waals surface area contributed by atoms with E-state index in [1.54, 1.807) is 19.4 Å². The molecule has 1 amide bonds. The molecular formula is C20H24N2O3. The summed E-state index contributed by atoms with van der Waals surface area (Å²) in [5.41, 5.74) is 1.69. The number of rotatable bonds is 9. The lowest BCUT2D eigenvalue weighted by Crippen LogP contribution is -2.20. The van der Waals surface area contributed by atoms with Gasteiger partial charge in [0.05, 0.1) is 19.4 Å². The van der Waals surface area contributed by atoms with Crippen LogP contribution in [0.4, 0.5) is 0 Å². The van der Waals surface area contributed by atoms with Crippen molar-refractivity contribution in [1.29, 1.82) is 0 Å². The Hall–Kier alpha value is -2.82. The number of nitrogens with one attached hydrogen (secondary N) is 1. The van der Waals surface area contributed by atoms with Crippen molar-refractivity contribution in [3.63, 3.8) is 0 Å². The summed E-state index contributed by atoms with van der Waals surface area (Å²) in [6, 6.07) is 11.2. The number of hydrogen-bond donors (Lipinski definition) is 1. The highest BCUT2D eigenvalue weighted by Gasteiger charge is 2.06. The number of methoxy groups -OCH3 is 1. The van der Waals surface area contributed by atoms with E-state index in [-0.39, 0.29) is 5.91 Å². The van der Waals surface area contributed by atoms with Crippen LogP contribution in [0.3, 0.4) is 0 Å². The summed E-state index contributed by atoms with van der Waals surface area (Å²) in [6.07, 6.45) is 6.93. The zero-order chi connectivity index (χ0) is 17.9. The molecule has 1 N–H and O–H groups in total. The van der Waals surface area contributed by atoms with Crippen LogP contribution in [0.1, 0.15) is 31.0 Å². The van der Waals surface area contributed by atoms with Gasteiger partial charge in [-0.05, 0) is 42.3 Å². The van der Waals surface area contributed by atoms with E-state index < -0.39 is 0 Å². The van der Waals surface area contributed by atoms with Gasteiger partial charge in [-0.15, -0.1) is 0 Å². The lowest BCUT2D eigenvalue weighted by molar-refractivity contribution is -0.116. The van der Waals surface area contributed by atoms with E-state index in [0.29, 0.717) is 18.9 Å². The Morgan fingerprint density at radius 3 is 2.84 bits per heavy atom. The molecule has 0 spiro atoms. The average molecular weight is 340 g/mol. The molecule has 0 bridgehead atoms. The normalized spacial score (nSPS) is 10.6. The van der Waals surface area contributed by atoms with Crippen LogP contribution in [0.15, 0.2) is 48.7 Å². The molecule has 1 heterocycles. The molecule has 25 heavy (non-hydrogen) atoms. The van der Waals surface area contributed by atoms with Crippen LogP contribution in [0, 0.1) is 0 Å². The predicted molar refractivity (Wildman–Crippen MR) is 98.5 cm³/mol. The van der Waals surface area contributed by atoms with Crippen LogP contribution in [0.2, 0.25) is 0 Å². The van der Waals surface area contributed by atoms with Crippen molar-refractivity contribution in [2.45, 2.75) is 26.3 Å². The van der Waals surface area contributed by atoms with Crippen LogP contribution < -0.4 is 14.8 Å². The zero-order valence-electron chi connectivity index (χ0n) is 14.7. The Kier molecular flexibility index (Phi) is 7.50. The molecule has 1 aromatic heterocycles. The molecule has 0 aliphatic carbocycles. The first-order valence-electron chi connectivity index (χ1n) is 8.39. The first-order valence-corrected chi connectivity index (χ1v) is 8.39. The number of nitrogens with zero attached hydrogens (tertiary/aromatic N) is 1. The number of hydrogen-bond acceptors (Lipinski definition) is 4. The average Bonchev–Trinajstić information content (AvgIpc) is 2.66. The fourth-order valence-electron chi connectivity index (χ4n) is 2.15. The van der Waals surface area contributed by atoms with Gasteiger partial charge in [-0.25, -0.2) is 0 Å². The topological polar surface area (TPSA) is 60.5 Å². The Labute approximate surface area is 148 Å². The Bertz CT molecular complexity index is 699. The maximum atomic E-state index is 11.9. The quantitative estimate of drug-likeness (QED) is 0.560. The predicted octanol–water partition coefficient (Wildman–Crippen LogP) is 3.60. The maximum Gasteiger partial charge on any atom is 0.244 e. The van der Waals surface area contributed by atoms with Crippen molar-refractivity contribution in [1.82, 2.24) is 10.3 Å². The highest BCUT2D eigenvalue weighted by molar-refractivity contribution is 5.91. The second-order valence-electron chi connectivity index (χ2n) is 5.49. The SMILES string of the molecule is CCCCOc1ccc(CNC(=O)/C=C/c2ccccn2)cc1OC. The van der Waals surface area contributed by atoms with Crippen molar-refractivity contribution >= 4 is 12.0 Å². The minimum absolute atomic E-state index is 0.173. The minimum atomic E-state index is -0.173. The molecular weight excluding hydrogens is 316 g/mol. The van der Waals surface area contributed by atoms with Crippen molar-refractivity contribution in [3.8, 4) is 11.5 Å². The number of unbranched alkanes of at least 4 members (excludes halogenated alkanes) is 1. The summed E-state index contributed by atoms with van der Waals surface area (Å²) >= 11 is 0. The molecule has 5 nitrogen and oxygen atoms in total. The van der Waals surface area contributed by atoms with Gasteiger partial charge in [-0.2, -0.15) is 0 Å². The summed E-state index contributed by atoms with van der Waals surface area (Å²) in [7, 11) is 1.61. The number of ether oxygens (including phenoxy) is 2. The molecule has 0 saturated carbocycles. The molecule has 2 rings (SSSR count). The molecule has 132 valence electrons. The summed E-state index contributed by atoms with van der Waals surface area (Å²) in [6.45, 7) is 3.20. The van der Waals surface area contributed by atoms with Crippen molar-refractivity contribution in [3.05, 3.63) is 59.9 Å². The fraction of sp³-hybridized carbons (Fsp3) is 0.300. The van der Waals surface area contributed by atoms with Gasteiger partial charge in [0.15, 0.2) is 11.5 Å². The van der Waals surface area contributed by atoms with Gasteiger partial charge in [-0.3, -0.25) is 9.78 Å². The highest BCUT2D eigenvalue weighted by atomic mass is 16.5. The van der Waals surface area contributed by atoms with Crippen LogP contribution in [0.25, 0.3) is 6.08 Å². The third kappa shape index (κ3) is 6.30. The van der Waals surface area contributed by atoms with Crippen molar-refractivity contribution in [2.75, 3.05) is 13.7 Å². The third-order valence-electron chi connectivity index (χ3n) is 3.54. The van der Waals surface area contributed by atoms with Gasteiger partial charge < -0.3 is 14.8 Å². The van der Waals surface area contributed by atoms with Crippen LogP contribution in [0.5, 0.6) is 11.5 Å².